The van der Waals surface area contributed by atoms with Crippen LogP contribution in [0.2, 0.25) is 0 Å². The molecule has 0 fully saturated rings. The summed E-state index contributed by atoms with van der Waals surface area (Å²) in [6, 6.07) is 7.81. The van der Waals surface area contributed by atoms with Crippen LogP contribution in [0, 0.1) is 13.8 Å². The van der Waals surface area contributed by atoms with Crippen LogP contribution in [0.25, 0.3) is 4.96 Å². The normalized spacial score (nSPS) is 11.2. The first kappa shape index (κ1) is 13.1. The molecule has 0 saturated carbocycles. The molecule has 5 heteroatoms. The molecule has 0 unspecified atom stereocenters. The summed E-state index contributed by atoms with van der Waals surface area (Å²) >= 11 is 1.66. The quantitative estimate of drug-likeness (QED) is 0.775. The number of nitrogens with zero attached hydrogens (tertiary/aromatic N) is 2. The highest BCUT2D eigenvalue weighted by Crippen LogP contribution is 2.22. The Morgan fingerprint density at radius 1 is 1.30 bits per heavy atom. The molecule has 2 heterocycles. The van der Waals surface area contributed by atoms with Crippen LogP contribution in [0.4, 0.5) is 5.69 Å². The van der Waals surface area contributed by atoms with Crippen molar-refractivity contribution in [3.8, 4) is 0 Å². The minimum absolute atomic E-state index is 0.0431. The number of imidazole rings is 1. The van der Waals surface area contributed by atoms with Gasteiger partial charge in [-0.3, -0.25) is 4.40 Å². The Labute approximate surface area is 121 Å². The van der Waals surface area contributed by atoms with E-state index >= 15 is 0 Å². The Balaban J connectivity index is 1.90. The zero-order valence-electron chi connectivity index (χ0n) is 11.6. The third kappa shape index (κ3) is 2.19. The van der Waals surface area contributed by atoms with Gasteiger partial charge in [0, 0.05) is 22.3 Å². The summed E-state index contributed by atoms with van der Waals surface area (Å²) in [5, 5.41) is 14.9. The van der Waals surface area contributed by atoms with Gasteiger partial charge < -0.3 is 10.4 Å². The predicted octanol–water partition coefficient (Wildman–Crippen LogP) is 3.12. The molecular formula is C15H17N3OS. The van der Waals surface area contributed by atoms with Crippen molar-refractivity contribution in [3.63, 3.8) is 0 Å². The number of fused-ring (bicyclic) bond motifs is 1. The van der Waals surface area contributed by atoms with Crippen LogP contribution < -0.4 is 5.32 Å². The molecule has 104 valence electrons. The highest BCUT2D eigenvalue weighted by molar-refractivity contribution is 7.15. The van der Waals surface area contributed by atoms with E-state index in [0.29, 0.717) is 6.54 Å². The third-order valence-corrected chi connectivity index (χ3v) is 4.41. The van der Waals surface area contributed by atoms with E-state index < -0.39 is 0 Å². The lowest BCUT2D eigenvalue weighted by atomic mass is 10.2. The molecule has 3 rings (SSSR count). The standard InChI is InChI=1S/C15H17N3OS/c1-10-9-20-15-17-11(2)14(18(10)15)7-16-13-6-4-3-5-12(13)8-19/h3-6,9,16,19H,7-8H2,1-2H3. The lowest BCUT2D eigenvalue weighted by Crippen LogP contribution is -2.06. The fourth-order valence-electron chi connectivity index (χ4n) is 2.39. The SMILES string of the molecule is Cc1nc2scc(C)n2c1CNc1ccccc1CO. The van der Waals surface area contributed by atoms with Gasteiger partial charge in [0.25, 0.3) is 0 Å². The monoisotopic (exact) mass is 287 g/mol. The molecule has 0 aliphatic carbocycles. The van der Waals surface area contributed by atoms with E-state index in [-0.39, 0.29) is 6.61 Å². The van der Waals surface area contributed by atoms with E-state index in [1.165, 1.54) is 11.4 Å². The van der Waals surface area contributed by atoms with Crippen molar-refractivity contribution < 1.29 is 5.11 Å². The summed E-state index contributed by atoms with van der Waals surface area (Å²) in [5.74, 6) is 0. The number of aliphatic hydroxyl groups is 1. The van der Waals surface area contributed by atoms with E-state index in [1.807, 2.05) is 31.2 Å². The van der Waals surface area contributed by atoms with Crippen molar-refractivity contribution in [1.29, 1.82) is 0 Å². The molecule has 0 bridgehead atoms. The first-order valence-electron chi connectivity index (χ1n) is 6.55. The number of benzene rings is 1. The van der Waals surface area contributed by atoms with Crippen LogP contribution in [0.3, 0.4) is 0 Å². The largest absolute Gasteiger partial charge is 0.392 e. The van der Waals surface area contributed by atoms with Crippen LogP contribution >= 0.6 is 11.3 Å². The Kier molecular flexibility index (Phi) is 3.46. The summed E-state index contributed by atoms with van der Waals surface area (Å²) < 4.78 is 2.19. The summed E-state index contributed by atoms with van der Waals surface area (Å²) in [6.45, 7) is 4.87. The zero-order chi connectivity index (χ0) is 14.1. The first-order valence-corrected chi connectivity index (χ1v) is 7.43. The maximum atomic E-state index is 9.36. The number of para-hydroxylation sites is 1. The van der Waals surface area contributed by atoms with Crippen molar-refractivity contribution in [1.82, 2.24) is 9.38 Å². The van der Waals surface area contributed by atoms with Gasteiger partial charge in [0.1, 0.15) is 0 Å². The topological polar surface area (TPSA) is 49.6 Å². The Morgan fingerprint density at radius 2 is 2.10 bits per heavy atom. The molecular weight excluding hydrogens is 270 g/mol. The minimum Gasteiger partial charge on any atom is -0.392 e. The molecule has 0 amide bonds. The van der Waals surface area contributed by atoms with Crippen LogP contribution in [0.5, 0.6) is 0 Å². The molecule has 0 spiro atoms. The smallest absolute Gasteiger partial charge is 0.194 e. The lowest BCUT2D eigenvalue weighted by Gasteiger charge is -2.11. The van der Waals surface area contributed by atoms with Gasteiger partial charge in [-0.2, -0.15) is 0 Å². The average molecular weight is 287 g/mol. The van der Waals surface area contributed by atoms with Crippen LogP contribution in [-0.2, 0) is 13.2 Å². The predicted molar refractivity (Wildman–Crippen MR) is 82.2 cm³/mol. The van der Waals surface area contributed by atoms with E-state index in [9.17, 15) is 5.11 Å². The minimum atomic E-state index is 0.0431. The van der Waals surface area contributed by atoms with Gasteiger partial charge in [-0.05, 0) is 19.9 Å². The van der Waals surface area contributed by atoms with Crippen molar-refractivity contribution in [2.75, 3.05) is 5.32 Å². The number of hydrogen-bond acceptors (Lipinski definition) is 4. The van der Waals surface area contributed by atoms with Crippen molar-refractivity contribution in [2.45, 2.75) is 27.0 Å². The van der Waals surface area contributed by atoms with Gasteiger partial charge in [0.15, 0.2) is 4.96 Å². The second kappa shape index (κ2) is 5.26. The molecule has 20 heavy (non-hydrogen) atoms. The van der Waals surface area contributed by atoms with Gasteiger partial charge >= 0.3 is 0 Å². The molecule has 0 radical (unpaired) electrons. The van der Waals surface area contributed by atoms with Crippen molar-refractivity contribution in [2.24, 2.45) is 0 Å². The highest BCUT2D eigenvalue weighted by atomic mass is 32.1. The molecule has 2 aromatic heterocycles. The molecule has 0 saturated heterocycles. The Hall–Kier alpha value is -1.85. The fourth-order valence-corrected chi connectivity index (χ4v) is 3.32. The summed E-state index contributed by atoms with van der Waals surface area (Å²) in [4.78, 5) is 5.62. The van der Waals surface area contributed by atoms with Gasteiger partial charge in [-0.15, -0.1) is 11.3 Å². The number of nitrogens with one attached hydrogen (secondary N) is 1. The Bertz CT molecular complexity index is 745. The lowest BCUT2D eigenvalue weighted by molar-refractivity contribution is 0.282. The van der Waals surface area contributed by atoms with E-state index in [1.54, 1.807) is 11.3 Å². The number of aliphatic hydroxyl groups excluding tert-OH is 1. The molecule has 4 nitrogen and oxygen atoms in total. The summed E-state index contributed by atoms with van der Waals surface area (Å²) in [7, 11) is 0. The number of hydrogen-bond donors (Lipinski definition) is 2. The number of rotatable bonds is 4. The van der Waals surface area contributed by atoms with Crippen molar-refractivity contribution in [3.05, 3.63) is 52.3 Å². The maximum absolute atomic E-state index is 9.36. The molecule has 0 aliphatic rings. The van der Waals surface area contributed by atoms with Crippen LogP contribution in [0.15, 0.2) is 29.6 Å². The molecule has 0 aliphatic heterocycles. The number of thiazole rings is 1. The van der Waals surface area contributed by atoms with E-state index in [2.05, 4.69) is 27.0 Å². The Morgan fingerprint density at radius 3 is 2.90 bits per heavy atom. The molecule has 2 N–H and O–H groups in total. The summed E-state index contributed by atoms with van der Waals surface area (Å²) in [5.41, 5.74) is 5.31. The maximum Gasteiger partial charge on any atom is 0.194 e. The number of aryl methyl sites for hydroxylation is 2. The first-order chi connectivity index (χ1) is 9.70. The van der Waals surface area contributed by atoms with E-state index in [4.69, 9.17) is 0 Å². The van der Waals surface area contributed by atoms with Crippen LogP contribution in [0.1, 0.15) is 22.6 Å². The highest BCUT2D eigenvalue weighted by Gasteiger charge is 2.12. The molecule has 0 atom stereocenters. The van der Waals surface area contributed by atoms with E-state index in [0.717, 1.165) is 21.9 Å². The van der Waals surface area contributed by atoms with Gasteiger partial charge in [-0.1, -0.05) is 18.2 Å². The molecule has 3 aromatic rings. The second-order valence-corrected chi connectivity index (χ2v) is 5.64. The number of aromatic nitrogens is 2. The second-order valence-electron chi connectivity index (χ2n) is 4.81. The van der Waals surface area contributed by atoms with Gasteiger partial charge in [0.2, 0.25) is 0 Å². The fraction of sp³-hybridized carbons (Fsp3) is 0.267. The number of anilines is 1. The average Bonchev–Trinajstić information content (AvgIpc) is 2.96. The van der Waals surface area contributed by atoms with Gasteiger partial charge in [0.05, 0.1) is 24.5 Å². The summed E-state index contributed by atoms with van der Waals surface area (Å²) in [6.07, 6.45) is 0. The third-order valence-electron chi connectivity index (χ3n) is 3.46. The van der Waals surface area contributed by atoms with Gasteiger partial charge in [-0.25, -0.2) is 4.98 Å². The van der Waals surface area contributed by atoms with Crippen LogP contribution in [-0.4, -0.2) is 14.5 Å². The zero-order valence-corrected chi connectivity index (χ0v) is 12.4. The molecule has 1 aromatic carbocycles. The van der Waals surface area contributed by atoms with Crippen molar-refractivity contribution >= 4 is 22.0 Å².